The number of nitrogens with zero attached hydrogens (tertiary/aromatic N) is 3. The number of nitriles is 1. The largest absolute Gasteiger partial charge is 0.387 e. The zero-order valence-corrected chi connectivity index (χ0v) is 13.9. The third kappa shape index (κ3) is 4.10. The molecule has 23 heavy (non-hydrogen) atoms. The number of β-amino-alcohol motifs (C(OH)–C–C–N with tert-alkyl or cyclic N) is 1. The highest BCUT2D eigenvalue weighted by Crippen LogP contribution is 2.23. The molecule has 5 heteroatoms. The number of amides is 1. The van der Waals surface area contributed by atoms with E-state index in [1.807, 2.05) is 18.7 Å². The van der Waals surface area contributed by atoms with Gasteiger partial charge in [0.05, 0.1) is 23.8 Å². The molecule has 1 aromatic rings. The summed E-state index contributed by atoms with van der Waals surface area (Å²) in [5.41, 5.74) is 1.36. The Balaban J connectivity index is 2.02. The molecule has 1 fully saturated rings. The molecule has 124 valence electrons. The van der Waals surface area contributed by atoms with Crippen molar-refractivity contribution in [3.8, 4) is 6.07 Å². The van der Waals surface area contributed by atoms with E-state index in [0.717, 1.165) is 38.0 Å². The SMILES string of the molecule is CCN(CC)C(=O)C1CCCN1CC(O)c1ccc(C#N)cc1. The van der Waals surface area contributed by atoms with Gasteiger partial charge >= 0.3 is 0 Å². The second kappa shape index (κ2) is 8.09. The highest BCUT2D eigenvalue weighted by Gasteiger charge is 2.33. The fraction of sp³-hybridized carbons (Fsp3) is 0.556. The quantitative estimate of drug-likeness (QED) is 0.871. The molecule has 0 aromatic heterocycles. The van der Waals surface area contributed by atoms with Crippen LogP contribution in [0.5, 0.6) is 0 Å². The van der Waals surface area contributed by atoms with Gasteiger partial charge in [0.2, 0.25) is 5.91 Å². The fourth-order valence-corrected chi connectivity index (χ4v) is 3.18. The van der Waals surface area contributed by atoms with Gasteiger partial charge < -0.3 is 10.0 Å². The van der Waals surface area contributed by atoms with E-state index < -0.39 is 6.10 Å². The summed E-state index contributed by atoms with van der Waals surface area (Å²) in [5, 5.41) is 19.3. The van der Waals surface area contributed by atoms with Gasteiger partial charge in [0.1, 0.15) is 0 Å². The van der Waals surface area contributed by atoms with Crippen LogP contribution in [0, 0.1) is 11.3 Å². The van der Waals surface area contributed by atoms with Gasteiger partial charge in [-0.1, -0.05) is 12.1 Å². The molecule has 2 atom stereocenters. The molecule has 1 saturated heterocycles. The smallest absolute Gasteiger partial charge is 0.239 e. The van der Waals surface area contributed by atoms with Crippen molar-refractivity contribution < 1.29 is 9.90 Å². The summed E-state index contributed by atoms with van der Waals surface area (Å²) >= 11 is 0. The van der Waals surface area contributed by atoms with Crippen LogP contribution < -0.4 is 0 Å². The molecule has 1 aromatic carbocycles. The summed E-state index contributed by atoms with van der Waals surface area (Å²) < 4.78 is 0. The van der Waals surface area contributed by atoms with Crippen molar-refractivity contribution in [1.82, 2.24) is 9.80 Å². The number of likely N-dealkylation sites (N-methyl/N-ethyl adjacent to an activating group) is 1. The highest BCUT2D eigenvalue weighted by atomic mass is 16.3. The number of aliphatic hydroxyl groups is 1. The molecule has 2 rings (SSSR count). The van der Waals surface area contributed by atoms with Crippen molar-refractivity contribution in [2.75, 3.05) is 26.2 Å². The number of carbonyl (C=O) groups is 1. The average Bonchev–Trinajstić information content (AvgIpc) is 3.04. The van der Waals surface area contributed by atoms with Gasteiger partial charge in [-0.15, -0.1) is 0 Å². The van der Waals surface area contributed by atoms with Gasteiger partial charge in [-0.05, 0) is 50.9 Å². The summed E-state index contributed by atoms with van der Waals surface area (Å²) in [6.45, 7) is 6.71. The van der Waals surface area contributed by atoms with Crippen LogP contribution >= 0.6 is 0 Å². The molecule has 0 radical (unpaired) electrons. The molecule has 2 unspecified atom stereocenters. The molecular formula is C18H25N3O2. The number of hydrogen-bond acceptors (Lipinski definition) is 4. The molecule has 1 heterocycles. The number of benzene rings is 1. The van der Waals surface area contributed by atoms with E-state index in [1.54, 1.807) is 24.3 Å². The Hall–Kier alpha value is -1.90. The van der Waals surface area contributed by atoms with E-state index in [-0.39, 0.29) is 11.9 Å². The number of rotatable bonds is 6. The van der Waals surface area contributed by atoms with Gasteiger partial charge in [0, 0.05) is 19.6 Å². The van der Waals surface area contributed by atoms with Crippen molar-refractivity contribution in [2.24, 2.45) is 0 Å². The summed E-state index contributed by atoms with van der Waals surface area (Å²) in [6.07, 6.45) is 1.19. The predicted octanol–water partition coefficient (Wildman–Crippen LogP) is 1.92. The van der Waals surface area contributed by atoms with Crippen molar-refractivity contribution in [2.45, 2.75) is 38.8 Å². The molecule has 1 amide bonds. The van der Waals surface area contributed by atoms with Crippen molar-refractivity contribution >= 4 is 5.91 Å². The molecule has 5 nitrogen and oxygen atoms in total. The summed E-state index contributed by atoms with van der Waals surface area (Å²) in [5.74, 6) is 0.166. The van der Waals surface area contributed by atoms with Crippen molar-refractivity contribution in [3.05, 3.63) is 35.4 Å². The average molecular weight is 315 g/mol. The maximum atomic E-state index is 12.6. The highest BCUT2D eigenvalue weighted by molar-refractivity contribution is 5.82. The summed E-state index contributed by atoms with van der Waals surface area (Å²) in [6, 6.07) is 8.92. The standard InChI is InChI=1S/C18H25N3O2/c1-3-20(4-2)18(23)16-6-5-11-21(16)13-17(22)15-9-7-14(12-19)8-10-15/h7-10,16-17,22H,3-6,11,13H2,1-2H3. The Morgan fingerprint density at radius 3 is 2.61 bits per heavy atom. The minimum Gasteiger partial charge on any atom is -0.387 e. The molecule has 1 N–H and O–H groups in total. The van der Waals surface area contributed by atoms with Crippen LogP contribution in [-0.2, 0) is 4.79 Å². The summed E-state index contributed by atoms with van der Waals surface area (Å²) in [7, 11) is 0. The maximum absolute atomic E-state index is 12.6. The second-order valence-electron chi connectivity index (χ2n) is 5.91. The molecule has 1 aliphatic rings. The minimum absolute atomic E-state index is 0.122. The first-order chi connectivity index (χ1) is 11.1. The van der Waals surface area contributed by atoms with E-state index in [4.69, 9.17) is 5.26 Å². The number of aliphatic hydroxyl groups excluding tert-OH is 1. The van der Waals surface area contributed by atoms with Crippen molar-refractivity contribution in [3.63, 3.8) is 0 Å². The second-order valence-corrected chi connectivity index (χ2v) is 5.91. The topological polar surface area (TPSA) is 67.6 Å². The molecule has 0 aliphatic carbocycles. The Kier molecular flexibility index (Phi) is 6.14. The van der Waals surface area contributed by atoms with Crippen LogP contribution in [0.1, 0.15) is 43.9 Å². The first-order valence-corrected chi connectivity index (χ1v) is 8.31. The lowest BCUT2D eigenvalue weighted by Gasteiger charge is -2.30. The molecule has 0 saturated carbocycles. The monoisotopic (exact) mass is 315 g/mol. The lowest BCUT2D eigenvalue weighted by molar-refractivity contribution is -0.136. The van der Waals surface area contributed by atoms with Gasteiger partial charge in [0.15, 0.2) is 0 Å². The third-order valence-corrected chi connectivity index (χ3v) is 4.56. The first-order valence-electron chi connectivity index (χ1n) is 8.31. The van der Waals surface area contributed by atoms with Crippen LogP contribution in [-0.4, -0.2) is 53.0 Å². The van der Waals surface area contributed by atoms with Crippen LogP contribution in [0.4, 0.5) is 0 Å². The zero-order valence-electron chi connectivity index (χ0n) is 13.9. The Bertz CT molecular complexity index is 561. The number of likely N-dealkylation sites (tertiary alicyclic amines) is 1. The molecule has 0 spiro atoms. The Morgan fingerprint density at radius 1 is 1.39 bits per heavy atom. The maximum Gasteiger partial charge on any atom is 0.239 e. The van der Waals surface area contributed by atoms with Gasteiger partial charge in [-0.3, -0.25) is 9.69 Å². The lowest BCUT2D eigenvalue weighted by Crippen LogP contribution is -2.46. The fourth-order valence-electron chi connectivity index (χ4n) is 3.18. The normalized spacial score (nSPS) is 19.3. The van der Waals surface area contributed by atoms with E-state index in [1.165, 1.54) is 0 Å². The van der Waals surface area contributed by atoms with Crippen molar-refractivity contribution in [1.29, 1.82) is 5.26 Å². The van der Waals surface area contributed by atoms with Crippen LogP contribution in [0.25, 0.3) is 0 Å². The van der Waals surface area contributed by atoms with Crippen LogP contribution in [0.2, 0.25) is 0 Å². The first kappa shape index (κ1) is 17.5. The molecule has 1 aliphatic heterocycles. The minimum atomic E-state index is -0.646. The van der Waals surface area contributed by atoms with Crippen LogP contribution in [0.15, 0.2) is 24.3 Å². The number of hydrogen-bond donors (Lipinski definition) is 1. The van der Waals surface area contributed by atoms with Crippen LogP contribution in [0.3, 0.4) is 0 Å². The lowest BCUT2D eigenvalue weighted by atomic mass is 10.1. The van der Waals surface area contributed by atoms with Gasteiger partial charge in [-0.2, -0.15) is 5.26 Å². The third-order valence-electron chi connectivity index (χ3n) is 4.56. The zero-order chi connectivity index (χ0) is 16.8. The number of carbonyl (C=O) groups excluding carboxylic acids is 1. The Morgan fingerprint density at radius 2 is 2.04 bits per heavy atom. The Labute approximate surface area is 138 Å². The van der Waals surface area contributed by atoms with E-state index in [0.29, 0.717) is 12.1 Å². The van der Waals surface area contributed by atoms with E-state index in [2.05, 4.69) is 11.0 Å². The molecular weight excluding hydrogens is 290 g/mol. The summed E-state index contributed by atoms with van der Waals surface area (Å²) in [4.78, 5) is 16.5. The van der Waals surface area contributed by atoms with E-state index >= 15 is 0 Å². The van der Waals surface area contributed by atoms with Gasteiger partial charge in [-0.25, -0.2) is 0 Å². The predicted molar refractivity (Wildman–Crippen MR) is 88.6 cm³/mol. The molecule has 0 bridgehead atoms. The van der Waals surface area contributed by atoms with E-state index in [9.17, 15) is 9.90 Å². The van der Waals surface area contributed by atoms with Gasteiger partial charge in [0.25, 0.3) is 0 Å².